The van der Waals surface area contributed by atoms with Crippen LogP contribution < -0.4 is 14.4 Å². The summed E-state index contributed by atoms with van der Waals surface area (Å²) in [6, 6.07) is 22.0. The molecular formula is C39H41ClN4O5. The van der Waals surface area contributed by atoms with Crippen molar-refractivity contribution in [2.45, 2.75) is 65.1 Å². The minimum atomic E-state index is -1.33. The largest absolute Gasteiger partial charge is 0.493 e. The molecule has 2 aliphatic heterocycles. The zero-order valence-corrected chi connectivity index (χ0v) is 29.1. The first-order valence-corrected chi connectivity index (χ1v) is 17.3. The standard InChI is InChI=1S/C39H41ClN4O5/c1-24-33(37(38(45)46)49-39(2,3)4)35-28-16-17-31-36(34(28)40)43(19-21-48-31)18-9-5-6-10-20-47-30-15-8-7-14-27(30)25-12-11-13-26(22-25)29-23-32(41-24)44(35)42-29/h7-8,11-17,22-23,37H,5-6,9-10,18-21H2,1-4H3,(H,45,46)/t37-/m0/s1. The quantitative estimate of drug-likeness (QED) is 0.202. The summed E-state index contributed by atoms with van der Waals surface area (Å²) in [4.78, 5) is 20.1. The Morgan fingerprint density at radius 1 is 0.898 bits per heavy atom. The van der Waals surface area contributed by atoms with Crippen LogP contribution in [0.5, 0.6) is 11.5 Å². The van der Waals surface area contributed by atoms with Gasteiger partial charge in [0.2, 0.25) is 0 Å². The van der Waals surface area contributed by atoms with Gasteiger partial charge in [0, 0.05) is 40.6 Å². The van der Waals surface area contributed by atoms with Crippen LogP contribution in [-0.2, 0) is 9.53 Å². The molecule has 254 valence electrons. The fourth-order valence-corrected chi connectivity index (χ4v) is 7.16. The first kappa shape index (κ1) is 32.9. The maximum absolute atomic E-state index is 13.0. The number of hydrogen-bond acceptors (Lipinski definition) is 7. The van der Waals surface area contributed by atoms with E-state index in [9.17, 15) is 9.90 Å². The molecule has 0 amide bonds. The molecule has 49 heavy (non-hydrogen) atoms. The van der Waals surface area contributed by atoms with Gasteiger partial charge < -0.3 is 24.2 Å². The van der Waals surface area contributed by atoms with E-state index in [2.05, 4.69) is 23.1 Å². The molecule has 5 aromatic rings. The van der Waals surface area contributed by atoms with Crippen LogP contribution in [0.4, 0.5) is 5.69 Å². The molecule has 10 heteroatoms. The number of para-hydroxylation sites is 1. The van der Waals surface area contributed by atoms with E-state index < -0.39 is 17.7 Å². The highest BCUT2D eigenvalue weighted by Gasteiger charge is 2.35. The summed E-state index contributed by atoms with van der Waals surface area (Å²) in [6.45, 7) is 10.0. The van der Waals surface area contributed by atoms with Gasteiger partial charge in [-0.2, -0.15) is 5.10 Å². The van der Waals surface area contributed by atoms with Crippen LogP contribution in [-0.4, -0.2) is 57.6 Å². The van der Waals surface area contributed by atoms with Crippen molar-refractivity contribution in [1.82, 2.24) is 14.6 Å². The lowest BCUT2D eigenvalue weighted by molar-refractivity contribution is -0.160. The lowest BCUT2D eigenvalue weighted by Gasteiger charge is -2.33. The maximum atomic E-state index is 13.0. The Bertz CT molecular complexity index is 2030. The van der Waals surface area contributed by atoms with Crippen LogP contribution in [0.3, 0.4) is 0 Å². The third kappa shape index (κ3) is 6.57. The van der Waals surface area contributed by atoms with Gasteiger partial charge in [-0.3, -0.25) is 0 Å². The monoisotopic (exact) mass is 680 g/mol. The molecule has 0 fully saturated rings. The van der Waals surface area contributed by atoms with Gasteiger partial charge in [-0.25, -0.2) is 14.3 Å². The topological polar surface area (TPSA) is 98.4 Å². The smallest absolute Gasteiger partial charge is 0.337 e. The molecule has 2 aliphatic rings. The van der Waals surface area contributed by atoms with Crippen molar-refractivity contribution in [3.63, 3.8) is 0 Å². The first-order chi connectivity index (χ1) is 23.6. The van der Waals surface area contributed by atoms with Crippen molar-refractivity contribution >= 4 is 28.9 Å². The highest BCUT2D eigenvalue weighted by molar-refractivity contribution is 6.36. The Balaban J connectivity index is 1.49. The highest BCUT2D eigenvalue weighted by Crippen LogP contribution is 2.47. The van der Waals surface area contributed by atoms with Gasteiger partial charge in [0.05, 0.1) is 40.9 Å². The number of carbonyl (C=O) groups is 1. The molecule has 3 aromatic carbocycles. The number of rotatable bonds is 3. The third-order valence-electron chi connectivity index (χ3n) is 8.99. The van der Waals surface area contributed by atoms with E-state index in [1.807, 2.05) is 76.2 Å². The normalized spacial score (nSPS) is 15.7. The van der Waals surface area contributed by atoms with Gasteiger partial charge in [-0.1, -0.05) is 60.8 Å². The fraction of sp³-hybridized carbons (Fsp3) is 0.359. The fourth-order valence-electron chi connectivity index (χ4n) is 6.79. The summed E-state index contributed by atoms with van der Waals surface area (Å²) < 4.78 is 20.3. The molecule has 0 aliphatic carbocycles. The zero-order chi connectivity index (χ0) is 34.3. The molecule has 0 radical (unpaired) electrons. The Kier molecular flexibility index (Phi) is 8.98. The summed E-state index contributed by atoms with van der Waals surface area (Å²) in [7, 11) is 0. The van der Waals surface area contributed by atoms with E-state index in [4.69, 9.17) is 35.9 Å². The van der Waals surface area contributed by atoms with Crippen molar-refractivity contribution in [1.29, 1.82) is 0 Å². The summed E-state index contributed by atoms with van der Waals surface area (Å²) in [5, 5.41) is 16.2. The van der Waals surface area contributed by atoms with Crippen molar-refractivity contribution < 1.29 is 24.1 Å². The average molecular weight is 681 g/mol. The molecule has 0 saturated carbocycles. The van der Waals surface area contributed by atoms with Crippen LogP contribution >= 0.6 is 11.6 Å². The molecule has 1 atom stereocenters. The Morgan fingerprint density at radius 3 is 2.49 bits per heavy atom. The zero-order valence-electron chi connectivity index (χ0n) is 28.3. The second-order valence-electron chi connectivity index (χ2n) is 13.7. The molecule has 0 spiro atoms. The molecule has 7 rings (SSSR count). The van der Waals surface area contributed by atoms with Crippen LogP contribution in [0.25, 0.3) is 39.3 Å². The maximum Gasteiger partial charge on any atom is 0.337 e. The Morgan fingerprint density at radius 2 is 1.67 bits per heavy atom. The van der Waals surface area contributed by atoms with Gasteiger partial charge in [0.15, 0.2) is 11.8 Å². The van der Waals surface area contributed by atoms with E-state index in [1.54, 1.807) is 4.52 Å². The van der Waals surface area contributed by atoms with Crippen molar-refractivity contribution in [2.24, 2.45) is 0 Å². The van der Waals surface area contributed by atoms with Crippen LogP contribution in [0, 0.1) is 6.92 Å². The molecule has 0 saturated heterocycles. The van der Waals surface area contributed by atoms with Crippen molar-refractivity contribution in [3.8, 4) is 45.1 Å². The number of fused-ring (bicyclic) bond motifs is 8. The second-order valence-corrected chi connectivity index (χ2v) is 14.0. The number of carboxylic acid groups (broad SMARTS) is 1. The first-order valence-electron chi connectivity index (χ1n) is 16.9. The van der Waals surface area contributed by atoms with Gasteiger partial charge >= 0.3 is 5.97 Å². The van der Waals surface area contributed by atoms with Gasteiger partial charge in [0.25, 0.3) is 0 Å². The number of anilines is 1. The van der Waals surface area contributed by atoms with Crippen molar-refractivity contribution in [2.75, 3.05) is 31.2 Å². The predicted octanol–water partition coefficient (Wildman–Crippen LogP) is 8.78. The van der Waals surface area contributed by atoms with Crippen LogP contribution in [0.2, 0.25) is 5.02 Å². The summed E-state index contributed by atoms with van der Waals surface area (Å²) in [5.74, 6) is 0.430. The van der Waals surface area contributed by atoms with Crippen LogP contribution in [0.15, 0.2) is 66.7 Å². The van der Waals surface area contributed by atoms with E-state index in [0.29, 0.717) is 64.4 Å². The summed E-state index contributed by atoms with van der Waals surface area (Å²) in [6.07, 6.45) is 2.70. The minimum absolute atomic E-state index is 0.400. The summed E-state index contributed by atoms with van der Waals surface area (Å²) in [5.41, 5.74) is 6.26. The number of nitrogens with zero attached hydrogens (tertiary/aromatic N) is 4. The Labute approximate surface area is 291 Å². The molecule has 0 unspecified atom stereocenters. The highest BCUT2D eigenvalue weighted by atomic mass is 35.5. The molecule has 9 nitrogen and oxygen atoms in total. The second kappa shape index (κ2) is 13.4. The number of benzene rings is 3. The SMILES string of the molecule is Cc1nc2cc3nn2c(c1[C@H](OC(C)(C)C)C(=O)O)-c1ccc2c(c1Cl)N(CCCCCCOc1ccccc1-c1cccc-3c1)CCO2. The average Bonchev–Trinajstić information content (AvgIpc) is 3.50. The van der Waals surface area contributed by atoms with Crippen molar-refractivity contribution in [3.05, 3.63) is 83.0 Å². The predicted molar refractivity (Wildman–Crippen MR) is 192 cm³/mol. The number of ether oxygens (including phenoxy) is 3. The number of hydrogen-bond donors (Lipinski definition) is 1. The van der Waals surface area contributed by atoms with E-state index in [-0.39, 0.29) is 0 Å². The third-order valence-corrected chi connectivity index (χ3v) is 9.38. The number of aliphatic carboxylic acids is 1. The van der Waals surface area contributed by atoms with Gasteiger partial charge in [-0.15, -0.1) is 0 Å². The number of aromatic nitrogens is 3. The van der Waals surface area contributed by atoms with E-state index in [0.717, 1.165) is 60.4 Å². The van der Waals surface area contributed by atoms with E-state index >= 15 is 0 Å². The lowest BCUT2D eigenvalue weighted by Crippen LogP contribution is -2.34. The van der Waals surface area contributed by atoms with Gasteiger partial charge in [-0.05, 0) is 70.4 Å². The molecule has 4 heterocycles. The number of aryl methyl sites for hydroxylation is 1. The number of halogens is 1. The lowest BCUT2D eigenvalue weighted by atomic mass is 9.97. The Hall–Kier alpha value is -4.60. The number of carboxylic acids is 1. The molecule has 6 bridgehead atoms. The molecular weight excluding hydrogens is 640 g/mol. The van der Waals surface area contributed by atoms with E-state index in [1.165, 1.54) is 0 Å². The molecule has 2 aromatic heterocycles. The minimum Gasteiger partial charge on any atom is -0.493 e. The summed E-state index contributed by atoms with van der Waals surface area (Å²) >= 11 is 7.39. The van der Waals surface area contributed by atoms with Gasteiger partial charge in [0.1, 0.15) is 18.1 Å². The molecule has 1 N–H and O–H groups in total. The van der Waals surface area contributed by atoms with Crippen LogP contribution in [0.1, 0.15) is 63.8 Å².